The number of benzene rings is 1. The van der Waals surface area contributed by atoms with Crippen molar-refractivity contribution in [1.82, 2.24) is 4.31 Å². The molecule has 0 amide bonds. The molecule has 2 rings (SSSR count). The zero-order valence-corrected chi connectivity index (χ0v) is 14.6. The lowest BCUT2D eigenvalue weighted by atomic mass is 9.93. The molecule has 1 aromatic rings. The third-order valence-electron chi connectivity index (χ3n) is 3.93. The van der Waals surface area contributed by atoms with Crippen LogP contribution in [-0.2, 0) is 10.0 Å². The number of sulfonamides is 1. The maximum absolute atomic E-state index is 12.8. The zero-order valence-electron chi connectivity index (χ0n) is 12.3. The van der Waals surface area contributed by atoms with E-state index < -0.39 is 10.0 Å². The van der Waals surface area contributed by atoms with E-state index in [4.69, 9.17) is 17.3 Å². The Bertz CT molecular complexity index is 591. The summed E-state index contributed by atoms with van der Waals surface area (Å²) in [6.45, 7) is 4.77. The van der Waals surface area contributed by atoms with E-state index in [0.29, 0.717) is 23.0 Å². The third-order valence-corrected chi connectivity index (χ3v) is 6.17. The van der Waals surface area contributed by atoms with Crippen molar-refractivity contribution in [1.29, 1.82) is 0 Å². The highest BCUT2D eigenvalue weighted by molar-refractivity contribution is 7.89. The van der Waals surface area contributed by atoms with Gasteiger partial charge in [0, 0.05) is 24.2 Å². The minimum Gasteiger partial charge on any atom is -0.328 e. The van der Waals surface area contributed by atoms with Gasteiger partial charge in [-0.05, 0) is 50.3 Å². The number of nitrogens with two attached hydrogens (primary N) is 1. The van der Waals surface area contributed by atoms with E-state index in [2.05, 4.69) is 0 Å². The van der Waals surface area contributed by atoms with Gasteiger partial charge in [0.2, 0.25) is 10.0 Å². The summed E-state index contributed by atoms with van der Waals surface area (Å²) in [4.78, 5) is 0.301. The van der Waals surface area contributed by atoms with Gasteiger partial charge in [0.25, 0.3) is 0 Å². The van der Waals surface area contributed by atoms with E-state index in [1.54, 1.807) is 23.4 Å². The van der Waals surface area contributed by atoms with Gasteiger partial charge in [0.15, 0.2) is 0 Å². The minimum atomic E-state index is -3.49. The van der Waals surface area contributed by atoms with Crippen molar-refractivity contribution in [3.8, 4) is 0 Å². The Kier molecular flexibility index (Phi) is 6.50. The number of nitrogens with zero attached hydrogens (tertiary/aromatic N) is 1. The molecule has 0 aromatic heterocycles. The van der Waals surface area contributed by atoms with Crippen molar-refractivity contribution in [3.63, 3.8) is 0 Å². The first kappa shape index (κ1) is 18.7. The first-order chi connectivity index (χ1) is 9.32. The molecule has 0 bridgehead atoms. The largest absolute Gasteiger partial charge is 0.328 e. The van der Waals surface area contributed by atoms with Crippen LogP contribution in [-0.4, -0.2) is 31.9 Å². The summed E-state index contributed by atoms with van der Waals surface area (Å²) < 4.78 is 27.1. The smallest absolute Gasteiger partial charge is 0.243 e. The van der Waals surface area contributed by atoms with Gasteiger partial charge < -0.3 is 5.73 Å². The molecule has 1 aromatic carbocycles. The van der Waals surface area contributed by atoms with Gasteiger partial charge in [-0.1, -0.05) is 17.7 Å². The molecule has 7 heteroatoms. The predicted molar refractivity (Wildman–Crippen MR) is 88.6 cm³/mol. The topological polar surface area (TPSA) is 63.4 Å². The van der Waals surface area contributed by atoms with Crippen LogP contribution >= 0.6 is 24.0 Å². The molecule has 1 aliphatic rings. The number of halogens is 2. The number of hydrogen-bond donors (Lipinski definition) is 1. The van der Waals surface area contributed by atoms with E-state index in [1.807, 2.05) is 6.92 Å². The van der Waals surface area contributed by atoms with Crippen molar-refractivity contribution in [2.24, 2.45) is 11.7 Å². The van der Waals surface area contributed by atoms with Gasteiger partial charge in [0.05, 0.1) is 4.90 Å². The summed E-state index contributed by atoms with van der Waals surface area (Å²) >= 11 is 5.94. The summed E-state index contributed by atoms with van der Waals surface area (Å²) in [7, 11) is -3.49. The summed E-state index contributed by atoms with van der Waals surface area (Å²) in [5, 5.41) is 0.440. The highest BCUT2D eigenvalue weighted by atomic mass is 35.5. The van der Waals surface area contributed by atoms with Gasteiger partial charge >= 0.3 is 0 Å². The van der Waals surface area contributed by atoms with Crippen LogP contribution in [0.15, 0.2) is 23.1 Å². The van der Waals surface area contributed by atoms with Crippen molar-refractivity contribution in [2.75, 3.05) is 13.1 Å². The minimum absolute atomic E-state index is 0. The summed E-state index contributed by atoms with van der Waals surface area (Å²) in [6.07, 6.45) is 1.84. The normalized spacial score (nSPS) is 21.6. The van der Waals surface area contributed by atoms with Crippen molar-refractivity contribution in [3.05, 3.63) is 28.8 Å². The summed E-state index contributed by atoms with van der Waals surface area (Å²) in [6, 6.07) is 4.98. The van der Waals surface area contributed by atoms with Crippen LogP contribution in [0.2, 0.25) is 5.02 Å². The molecule has 21 heavy (non-hydrogen) atoms. The third kappa shape index (κ3) is 4.11. The van der Waals surface area contributed by atoms with Gasteiger partial charge in [-0.3, -0.25) is 0 Å². The van der Waals surface area contributed by atoms with E-state index in [1.165, 1.54) is 6.07 Å². The second kappa shape index (κ2) is 7.29. The molecule has 1 fully saturated rings. The molecule has 1 saturated heterocycles. The molecule has 2 N–H and O–H groups in total. The average molecular weight is 353 g/mol. The number of rotatable bonds is 3. The molecule has 0 saturated carbocycles. The van der Waals surface area contributed by atoms with Crippen molar-refractivity contribution >= 4 is 34.0 Å². The monoisotopic (exact) mass is 352 g/mol. The molecule has 1 heterocycles. The fourth-order valence-electron chi connectivity index (χ4n) is 2.61. The standard InChI is InChI=1S/C14H21ClN2O2S.ClH/c1-10-5-6-13(15)8-14(10)20(18,19)17-7-3-4-12(9-17)11(2)16;/h5-6,8,11-12H,3-4,7,9,16H2,1-2H3;1H. The molecule has 0 aliphatic carbocycles. The molecule has 2 unspecified atom stereocenters. The summed E-state index contributed by atoms with van der Waals surface area (Å²) in [5.41, 5.74) is 6.64. The number of piperidine rings is 1. The molecule has 4 nitrogen and oxygen atoms in total. The Balaban J connectivity index is 0.00000220. The van der Waals surface area contributed by atoms with Crippen LogP contribution in [0.25, 0.3) is 0 Å². The van der Waals surface area contributed by atoms with Gasteiger partial charge in [-0.2, -0.15) is 4.31 Å². The van der Waals surface area contributed by atoms with E-state index in [-0.39, 0.29) is 24.4 Å². The lowest BCUT2D eigenvalue weighted by molar-refractivity contribution is 0.243. The van der Waals surface area contributed by atoms with Crippen LogP contribution in [0.1, 0.15) is 25.3 Å². The maximum Gasteiger partial charge on any atom is 0.243 e. The van der Waals surface area contributed by atoms with E-state index >= 15 is 0 Å². The number of hydrogen-bond acceptors (Lipinski definition) is 3. The molecule has 1 aliphatic heterocycles. The van der Waals surface area contributed by atoms with E-state index in [9.17, 15) is 8.42 Å². The van der Waals surface area contributed by atoms with Crippen molar-refractivity contribution in [2.45, 2.75) is 37.6 Å². The Labute approximate surface area is 138 Å². The Morgan fingerprint density at radius 3 is 2.71 bits per heavy atom. The zero-order chi connectivity index (χ0) is 14.9. The fraction of sp³-hybridized carbons (Fsp3) is 0.571. The quantitative estimate of drug-likeness (QED) is 0.909. The SMILES string of the molecule is Cc1ccc(Cl)cc1S(=O)(=O)N1CCCC(C(C)N)C1.Cl. The van der Waals surface area contributed by atoms with Crippen LogP contribution in [0.3, 0.4) is 0 Å². The van der Waals surface area contributed by atoms with Crippen LogP contribution in [0, 0.1) is 12.8 Å². The van der Waals surface area contributed by atoms with Gasteiger partial charge in [0.1, 0.15) is 0 Å². The van der Waals surface area contributed by atoms with Gasteiger partial charge in [-0.15, -0.1) is 12.4 Å². The molecular formula is C14H22Cl2N2O2S. The Morgan fingerprint density at radius 1 is 1.43 bits per heavy atom. The lowest BCUT2D eigenvalue weighted by Crippen LogP contribution is -2.45. The highest BCUT2D eigenvalue weighted by Gasteiger charge is 2.32. The molecule has 120 valence electrons. The predicted octanol–water partition coefficient (Wildman–Crippen LogP) is 2.82. The second-order valence-electron chi connectivity index (χ2n) is 5.53. The second-order valence-corrected chi connectivity index (χ2v) is 7.88. The molecular weight excluding hydrogens is 331 g/mol. The van der Waals surface area contributed by atoms with Crippen LogP contribution in [0.4, 0.5) is 0 Å². The molecule has 0 spiro atoms. The van der Waals surface area contributed by atoms with Crippen molar-refractivity contribution < 1.29 is 8.42 Å². The maximum atomic E-state index is 12.8. The first-order valence-electron chi connectivity index (χ1n) is 6.84. The van der Waals surface area contributed by atoms with E-state index in [0.717, 1.165) is 18.4 Å². The molecule has 0 radical (unpaired) electrons. The van der Waals surface area contributed by atoms with Gasteiger partial charge in [-0.25, -0.2) is 8.42 Å². The lowest BCUT2D eigenvalue weighted by Gasteiger charge is -2.34. The summed E-state index contributed by atoms with van der Waals surface area (Å²) in [5.74, 6) is 0.220. The Hall–Kier alpha value is -0.330. The first-order valence-corrected chi connectivity index (χ1v) is 8.66. The molecule has 2 atom stereocenters. The Morgan fingerprint density at radius 2 is 2.10 bits per heavy atom. The fourth-order valence-corrected chi connectivity index (χ4v) is 4.64. The number of aryl methyl sites for hydroxylation is 1. The van der Waals surface area contributed by atoms with Crippen LogP contribution in [0.5, 0.6) is 0 Å². The average Bonchev–Trinajstić information content (AvgIpc) is 2.41. The van der Waals surface area contributed by atoms with Crippen LogP contribution < -0.4 is 5.73 Å². The highest BCUT2D eigenvalue weighted by Crippen LogP contribution is 2.28.